The van der Waals surface area contributed by atoms with E-state index in [2.05, 4.69) is 10.0 Å². The quantitative estimate of drug-likeness (QED) is 0.613. The molecule has 7 heteroatoms. The summed E-state index contributed by atoms with van der Waals surface area (Å²) in [5, 5.41) is 2.75. The summed E-state index contributed by atoms with van der Waals surface area (Å²) in [5.41, 5.74) is 1.58. The number of rotatable bonds is 6. The van der Waals surface area contributed by atoms with Gasteiger partial charge >= 0.3 is 0 Å². The minimum atomic E-state index is -3.48. The van der Waals surface area contributed by atoms with Crippen molar-refractivity contribution in [1.82, 2.24) is 4.72 Å². The monoisotopic (exact) mass is 312 g/mol. The highest BCUT2D eigenvalue weighted by Crippen LogP contribution is 2.25. The molecule has 0 unspecified atom stereocenters. The zero-order chi connectivity index (χ0) is 15.5. The van der Waals surface area contributed by atoms with E-state index in [0.29, 0.717) is 25.1 Å². The Bertz CT molecular complexity index is 626. The zero-order valence-corrected chi connectivity index (χ0v) is 13.2. The van der Waals surface area contributed by atoms with Crippen molar-refractivity contribution in [3.63, 3.8) is 0 Å². The van der Waals surface area contributed by atoms with Gasteiger partial charge in [0, 0.05) is 25.1 Å². The minimum Gasteiger partial charge on any atom is -0.340 e. The van der Waals surface area contributed by atoms with Crippen molar-refractivity contribution in [1.29, 1.82) is 0 Å². The molecule has 1 heterocycles. The van der Waals surface area contributed by atoms with Gasteiger partial charge in [0.25, 0.3) is 0 Å². The summed E-state index contributed by atoms with van der Waals surface area (Å²) in [5.74, 6) is -0.0255. The average Bonchev–Trinajstić information content (AvgIpc) is 2.43. The number of fused-ring (bicyclic) bond motifs is 1. The summed E-state index contributed by atoms with van der Waals surface area (Å²) in [6, 6.07) is 4.84. The predicted octanol–water partition coefficient (Wildman–Crippen LogP) is -0.616. The van der Waals surface area contributed by atoms with Crippen LogP contribution in [0.3, 0.4) is 0 Å². The van der Waals surface area contributed by atoms with Gasteiger partial charge in [-0.3, -0.25) is 4.79 Å². The number of sulfonamides is 1. The van der Waals surface area contributed by atoms with Crippen LogP contribution in [0, 0.1) is 0 Å². The van der Waals surface area contributed by atoms with Gasteiger partial charge in [0.15, 0.2) is 0 Å². The summed E-state index contributed by atoms with van der Waals surface area (Å²) in [4.78, 5) is 12.8. The third kappa shape index (κ3) is 4.26. The number of quaternary nitrogens is 1. The second kappa shape index (κ2) is 6.55. The summed E-state index contributed by atoms with van der Waals surface area (Å²) >= 11 is 0. The molecular weight excluding hydrogens is 290 g/mol. The van der Waals surface area contributed by atoms with E-state index in [1.165, 1.54) is 11.0 Å². The molecule has 1 aliphatic rings. The van der Waals surface area contributed by atoms with Gasteiger partial charge < -0.3 is 10.2 Å². The lowest BCUT2D eigenvalue weighted by atomic mass is 10.0. The maximum Gasteiger partial charge on any atom is 0.240 e. The van der Waals surface area contributed by atoms with Crippen molar-refractivity contribution >= 4 is 21.6 Å². The number of amides is 1. The Hall–Kier alpha value is -1.44. The molecule has 1 aromatic carbocycles. The van der Waals surface area contributed by atoms with Crippen LogP contribution in [0.1, 0.15) is 18.4 Å². The summed E-state index contributed by atoms with van der Waals surface area (Å²) in [6.07, 6.45) is 1.77. The lowest BCUT2D eigenvalue weighted by Gasteiger charge is -2.17. The Morgan fingerprint density at radius 1 is 1.29 bits per heavy atom. The molecule has 0 aromatic heterocycles. The first-order valence-electron chi connectivity index (χ1n) is 7.10. The minimum absolute atomic E-state index is 0.0255. The molecule has 0 saturated carbocycles. The average molecular weight is 312 g/mol. The highest BCUT2D eigenvalue weighted by molar-refractivity contribution is 7.89. The van der Waals surface area contributed by atoms with E-state index in [4.69, 9.17) is 0 Å². The number of aryl methyl sites for hydroxylation is 1. The molecule has 0 bridgehead atoms. The lowest BCUT2D eigenvalue weighted by Crippen LogP contribution is -3.05. The number of nitrogens with one attached hydrogen (secondary N) is 3. The van der Waals surface area contributed by atoms with Crippen LogP contribution < -0.4 is 14.9 Å². The highest BCUT2D eigenvalue weighted by Gasteiger charge is 2.19. The topological polar surface area (TPSA) is 79.7 Å². The van der Waals surface area contributed by atoms with Crippen molar-refractivity contribution < 1.29 is 18.1 Å². The molecule has 0 saturated heterocycles. The van der Waals surface area contributed by atoms with E-state index in [1.54, 1.807) is 12.1 Å². The largest absolute Gasteiger partial charge is 0.340 e. The van der Waals surface area contributed by atoms with Crippen LogP contribution in [0.15, 0.2) is 23.1 Å². The first-order chi connectivity index (χ1) is 9.88. The van der Waals surface area contributed by atoms with E-state index in [9.17, 15) is 13.2 Å². The summed E-state index contributed by atoms with van der Waals surface area (Å²) in [7, 11) is 0.591. The lowest BCUT2D eigenvalue weighted by molar-refractivity contribution is -0.858. The third-order valence-electron chi connectivity index (χ3n) is 3.43. The Morgan fingerprint density at radius 2 is 2.05 bits per heavy atom. The molecule has 2 rings (SSSR count). The SMILES string of the molecule is C[NH+](C)CCCNS(=O)(=O)c1ccc2c(c1)CCC(=O)N2. The molecule has 0 fully saturated rings. The Kier molecular flexibility index (Phi) is 4.97. The predicted molar refractivity (Wildman–Crippen MR) is 80.9 cm³/mol. The number of anilines is 1. The molecule has 1 aliphatic heterocycles. The number of hydrogen-bond donors (Lipinski definition) is 3. The second-order valence-electron chi connectivity index (χ2n) is 5.58. The van der Waals surface area contributed by atoms with Crippen molar-refractivity contribution in [3.05, 3.63) is 23.8 Å². The van der Waals surface area contributed by atoms with Gasteiger partial charge in [0.1, 0.15) is 0 Å². The number of benzene rings is 1. The van der Waals surface area contributed by atoms with Crippen LogP contribution in [0.5, 0.6) is 0 Å². The van der Waals surface area contributed by atoms with Gasteiger partial charge in [-0.05, 0) is 30.2 Å². The van der Waals surface area contributed by atoms with E-state index >= 15 is 0 Å². The van der Waals surface area contributed by atoms with E-state index in [0.717, 1.165) is 18.5 Å². The van der Waals surface area contributed by atoms with Crippen molar-refractivity contribution in [2.24, 2.45) is 0 Å². The molecule has 1 amide bonds. The number of carbonyl (C=O) groups is 1. The van der Waals surface area contributed by atoms with Gasteiger partial charge in [0.2, 0.25) is 15.9 Å². The highest BCUT2D eigenvalue weighted by atomic mass is 32.2. The van der Waals surface area contributed by atoms with Gasteiger partial charge in [0.05, 0.1) is 25.5 Å². The number of hydrogen-bond acceptors (Lipinski definition) is 3. The Balaban J connectivity index is 2.05. The molecule has 21 heavy (non-hydrogen) atoms. The van der Waals surface area contributed by atoms with Crippen LogP contribution >= 0.6 is 0 Å². The fourth-order valence-electron chi connectivity index (χ4n) is 2.26. The van der Waals surface area contributed by atoms with Crippen LogP contribution in [-0.4, -0.2) is 41.5 Å². The first-order valence-corrected chi connectivity index (χ1v) is 8.58. The molecule has 0 radical (unpaired) electrons. The van der Waals surface area contributed by atoms with Crippen molar-refractivity contribution in [2.45, 2.75) is 24.2 Å². The second-order valence-corrected chi connectivity index (χ2v) is 7.34. The molecular formula is C14H22N3O3S+. The van der Waals surface area contributed by atoms with Crippen LogP contribution in [0.4, 0.5) is 5.69 Å². The van der Waals surface area contributed by atoms with Crippen LogP contribution in [0.2, 0.25) is 0 Å². The standard InChI is InChI=1S/C14H21N3O3S/c1-17(2)9-3-8-15-21(19,20)12-5-6-13-11(10-12)4-7-14(18)16-13/h5-6,10,15H,3-4,7-9H2,1-2H3,(H,16,18)/p+1. The molecule has 116 valence electrons. The fraction of sp³-hybridized carbons (Fsp3) is 0.500. The summed E-state index contributed by atoms with van der Waals surface area (Å²) in [6.45, 7) is 1.35. The van der Waals surface area contributed by atoms with Crippen LogP contribution in [-0.2, 0) is 21.2 Å². The normalized spacial score (nSPS) is 14.9. The summed E-state index contributed by atoms with van der Waals surface area (Å²) < 4.78 is 27.1. The fourth-order valence-corrected chi connectivity index (χ4v) is 3.38. The molecule has 1 aromatic rings. The molecule has 6 nitrogen and oxygen atoms in total. The van der Waals surface area contributed by atoms with Crippen LogP contribution in [0.25, 0.3) is 0 Å². The maximum absolute atomic E-state index is 12.2. The molecule has 0 atom stereocenters. The number of carbonyl (C=O) groups excluding carboxylic acids is 1. The van der Waals surface area contributed by atoms with Gasteiger partial charge in [-0.2, -0.15) is 0 Å². The van der Waals surface area contributed by atoms with Gasteiger partial charge in [-0.25, -0.2) is 13.1 Å². The molecule has 3 N–H and O–H groups in total. The van der Waals surface area contributed by atoms with E-state index in [1.807, 2.05) is 14.1 Å². The first kappa shape index (κ1) is 15.9. The van der Waals surface area contributed by atoms with Gasteiger partial charge in [-0.1, -0.05) is 0 Å². The maximum atomic E-state index is 12.2. The van der Waals surface area contributed by atoms with Gasteiger partial charge in [-0.15, -0.1) is 0 Å². The van der Waals surface area contributed by atoms with Crippen molar-refractivity contribution in [2.75, 3.05) is 32.5 Å². The Labute approximate surface area is 125 Å². The molecule has 0 spiro atoms. The Morgan fingerprint density at radius 3 is 2.76 bits per heavy atom. The molecule has 0 aliphatic carbocycles. The van der Waals surface area contributed by atoms with E-state index in [-0.39, 0.29) is 10.8 Å². The smallest absolute Gasteiger partial charge is 0.240 e. The van der Waals surface area contributed by atoms with E-state index < -0.39 is 10.0 Å². The zero-order valence-electron chi connectivity index (χ0n) is 12.4. The third-order valence-corrected chi connectivity index (χ3v) is 4.89. The van der Waals surface area contributed by atoms with Crippen molar-refractivity contribution in [3.8, 4) is 0 Å².